The fraction of sp³-hybridized carbons (Fsp3) is 0.200. The quantitative estimate of drug-likeness (QED) is 0.799. The Morgan fingerprint density at radius 3 is 3.00 bits per heavy atom. The van der Waals surface area contributed by atoms with Crippen LogP contribution in [-0.2, 0) is 11.4 Å². The zero-order chi connectivity index (χ0) is 11.5. The third-order valence-corrected chi connectivity index (χ3v) is 2.10. The summed E-state index contributed by atoms with van der Waals surface area (Å²) in [4.78, 5) is 8.34. The van der Waals surface area contributed by atoms with Crippen molar-refractivity contribution in [3.8, 4) is 11.4 Å². The fourth-order valence-corrected chi connectivity index (χ4v) is 1.23. The lowest BCUT2D eigenvalue weighted by atomic mass is 10.1. The van der Waals surface area contributed by atoms with Crippen LogP contribution in [0.4, 0.5) is 4.39 Å². The molecule has 0 aliphatic heterocycles. The number of hydrogen-bond acceptors (Lipinski definition) is 5. The molecule has 0 spiro atoms. The van der Waals surface area contributed by atoms with Crippen LogP contribution < -0.4 is 5.90 Å². The summed E-state index contributed by atoms with van der Waals surface area (Å²) in [7, 11) is 0. The lowest BCUT2D eigenvalue weighted by Gasteiger charge is -1.97. The summed E-state index contributed by atoms with van der Waals surface area (Å²) in [5.41, 5.74) is 1.12. The molecular formula is C10H10FN3O2. The number of aryl methyl sites for hydroxylation is 1. The third-order valence-electron chi connectivity index (χ3n) is 2.10. The SMILES string of the molecule is Cc1ccc(-c2noc(CON)n2)cc1F. The second-order valence-corrected chi connectivity index (χ2v) is 3.29. The monoisotopic (exact) mass is 223 g/mol. The Kier molecular flexibility index (Phi) is 2.93. The van der Waals surface area contributed by atoms with Gasteiger partial charge in [0.15, 0.2) is 0 Å². The van der Waals surface area contributed by atoms with E-state index in [1.54, 1.807) is 19.1 Å². The van der Waals surface area contributed by atoms with Gasteiger partial charge in [0.05, 0.1) is 0 Å². The molecule has 0 amide bonds. The van der Waals surface area contributed by atoms with E-state index >= 15 is 0 Å². The van der Waals surface area contributed by atoms with E-state index in [1.807, 2.05) is 0 Å². The topological polar surface area (TPSA) is 74.2 Å². The van der Waals surface area contributed by atoms with E-state index in [0.29, 0.717) is 17.0 Å². The highest BCUT2D eigenvalue weighted by molar-refractivity contribution is 5.54. The van der Waals surface area contributed by atoms with Crippen LogP contribution >= 0.6 is 0 Å². The van der Waals surface area contributed by atoms with Crippen LogP contribution in [0.2, 0.25) is 0 Å². The van der Waals surface area contributed by atoms with E-state index in [4.69, 9.17) is 10.4 Å². The van der Waals surface area contributed by atoms with Gasteiger partial charge in [-0.2, -0.15) is 4.98 Å². The molecule has 5 nitrogen and oxygen atoms in total. The Morgan fingerprint density at radius 1 is 1.50 bits per heavy atom. The average Bonchev–Trinajstić information content (AvgIpc) is 2.71. The molecule has 2 rings (SSSR count). The lowest BCUT2D eigenvalue weighted by Crippen LogP contribution is -1.98. The van der Waals surface area contributed by atoms with E-state index < -0.39 is 0 Å². The van der Waals surface area contributed by atoms with E-state index in [9.17, 15) is 4.39 Å². The van der Waals surface area contributed by atoms with Crippen molar-refractivity contribution in [3.63, 3.8) is 0 Å². The predicted molar refractivity (Wildman–Crippen MR) is 53.4 cm³/mol. The summed E-state index contributed by atoms with van der Waals surface area (Å²) in [6.45, 7) is 1.71. The summed E-state index contributed by atoms with van der Waals surface area (Å²) in [5, 5.41) is 3.69. The summed E-state index contributed by atoms with van der Waals surface area (Å²) < 4.78 is 18.1. The molecule has 2 aromatic rings. The van der Waals surface area contributed by atoms with Gasteiger partial charge < -0.3 is 4.52 Å². The number of nitrogens with two attached hydrogens (primary N) is 1. The molecule has 0 aliphatic rings. The van der Waals surface area contributed by atoms with E-state index in [-0.39, 0.29) is 18.3 Å². The van der Waals surface area contributed by atoms with Crippen LogP contribution in [0.1, 0.15) is 11.5 Å². The molecule has 2 N–H and O–H groups in total. The van der Waals surface area contributed by atoms with Gasteiger partial charge in [-0.3, -0.25) is 4.84 Å². The molecule has 0 atom stereocenters. The smallest absolute Gasteiger partial charge is 0.255 e. The van der Waals surface area contributed by atoms with E-state index in [2.05, 4.69) is 15.0 Å². The van der Waals surface area contributed by atoms with Crippen LogP contribution in [0.15, 0.2) is 22.7 Å². The van der Waals surface area contributed by atoms with Crippen molar-refractivity contribution in [2.45, 2.75) is 13.5 Å². The van der Waals surface area contributed by atoms with Crippen LogP contribution in [0.5, 0.6) is 0 Å². The maximum Gasteiger partial charge on any atom is 0.255 e. The molecular weight excluding hydrogens is 213 g/mol. The molecule has 1 heterocycles. The normalized spacial score (nSPS) is 10.7. The summed E-state index contributed by atoms with van der Waals surface area (Å²) in [5.74, 6) is 5.12. The molecule has 0 saturated heterocycles. The number of rotatable bonds is 3. The minimum Gasteiger partial charge on any atom is -0.336 e. The Hall–Kier alpha value is -1.79. The van der Waals surface area contributed by atoms with Crippen molar-refractivity contribution in [2.75, 3.05) is 0 Å². The number of benzene rings is 1. The van der Waals surface area contributed by atoms with Gasteiger partial charge >= 0.3 is 0 Å². The van der Waals surface area contributed by atoms with Crippen molar-refractivity contribution in [2.24, 2.45) is 5.90 Å². The zero-order valence-electron chi connectivity index (χ0n) is 8.61. The minimum atomic E-state index is -0.307. The zero-order valence-corrected chi connectivity index (χ0v) is 8.61. The Morgan fingerprint density at radius 2 is 2.31 bits per heavy atom. The number of nitrogens with zero attached hydrogens (tertiary/aromatic N) is 2. The lowest BCUT2D eigenvalue weighted by molar-refractivity contribution is 0.0996. The van der Waals surface area contributed by atoms with Crippen LogP contribution in [0.25, 0.3) is 11.4 Å². The molecule has 0 aliphatic carbocycles. The van der Waals surface area contributed by atoms with Crippen molar-refractivity contribution in [3.05, 3.63) is 35.5 Å². The van der Waals surface area contributed by atoms with Gasteiger partial charge in [-0.1, -0.05) is 17.3 Å². The molecule has 0 bridgehead atoms. The van der Waals surface area contributed by atoms with Gasteiger partial charge in [0, 0.05) is 5.56 Å². The summed E-state index contributed by atoms with van der Waals surface area (Å²) >= 11 is 0. The molecule has 0 saturated carbocycles. The molecule has 0 unspecified atom stereocenters. The molecule has 1 aromatic heterocycles. The molecule has 0 fully saturated rings. The van der Waals surface area contributed by atoms with Crippen molar-refractivity contribution in [1.82, 2.24) is 10.1 Å². The van der Waals surface area contributed by atoms with Gasteiger partial charge in [-0.05, 0) is 18.6 Å². The predicted octanol–water partition coefficient (Wildman–Crippen LogP) is 1.57. The van der Waals surface area contributed by atoms with Crippen LogP contribution in [0, 0.1) is 12.7 Å². The first-order valence-electron chi connectivity index (χ1n) is 4.61. The Labute approximate surface area is 91.0 Å². The van der Waals surface area contributed by atoms with E-state index in [1.165, 1.54) is 6.07 Å². The first-order chi connectivity index (χ1) is 7.70. The number of aromatic nitrogens is 2. The second-order valence-electron chi connectivity index (χ2n) is 3.29. The highest BCUT2D eigenvalue weighted by Crippen LogP contribution is 2.18. The maximum absolute atomic E-state index is 13.3. The molecule has 16 heavy (non-hydrogen) atoms. The van der Waals surface area contributed by atoms with Gasteiger partial charge in [0.1, 0.15) is 12.4 Å². The number of hydrogen-bond donors (Lipinski definition) is 1. The average molecular weight is 223 g/mol. The van der Waals surface area contributed by atoms with Crippen LogP contribution in [-0.4, -0.2) is 10.1 Å². The first kappa shape index (κ1) is 10.7. The Bertz CT molecular complexity index is 499. The highest BCUT2D eigenvalue weighted by Gasteiger charge is 2.09. The van der Waals surface area contributed by atoms with Crippen molar-refractivity contribution < 1.29 is 13.8 Å². The van der Waals surface area contributed by atoms with Crippen LogP contribution in [0.3, 0.4) is 0 Å². The third kappa shape index (κ3) is 2.07. The van der Waals surface area contributed by atoms with Crippen molar-refractivity contribution >= 4 is 0 Å². The minimum absolute atomic E-state index is 0.0291. The van der Waals surface area contributed by atoms with Gasteiger partial charge in [-0.15, -0.1) is 0 Å². The molecule has 0 radical (unpaired) electrons. The highest BCUT2D eigenvalue weighted by atomic mass is 19.1. The van der Waals surface area contributed by atoms with E-state index in [0.717, 1.165) is 0 Å². The fourth-order valence-electron chi connectivity index (χ4n) is 1.23. The summed E-state index contributed by atoms with van der Waals surface area (Å²) in [6.07, 6.45) is 0. The Balaban J connectivity index is 2.31. The molecule has 84 valence electrons. The van der Waals surface area contributed by atoms with Gasteiger partial charge in [0.2, 0.25) is 5.82 Å². The number of halogens is 1. The van der Waals surface area contributed by atoms with Crippen molar-refractivity contribution in [1.29, 1.82) is 0 Å². The summed E-state index contributed by atoms with van der Waals surface area (Å²) in [6, 6.07) is 4.73. The second kappa shape index (κ2) is 4.38. The van der Waals surface area contributed by atoms with Gasteiger partial charge in [0.25, 0.3) is 5.89 Å². The standard InChI is InChI=1S/C10H10FN3O2/c1-6-2-3-7(4-8(6)11)10-13-9(5-15-12)16-14-10/h2-4H,5,12H2,1H3. The molecule has 6 heteroatoms. The van der Waals surface area contributed by atoms with Gasteiger partial charge in [-0.25, -0.2) is 10.3 Å². The largest absolute Gasteiger partial charge is 0.336 e. The first-order valence-corrected chi connectivity index (χ1v) is 4.61. The molecule has 1 aromatic carbocycles. The maximum atomic E-state index is 13.3.